The van der Waals surface area contributed by atoms with Crippen molar-refractivity contribution >= 4 is 23.3 Å². The first-order valence-corrected chi connectivity index (χ1v) is 10.1. The first-order valence-electron chi connectivity index (χ1n) is 10.1. The Hall–Kier alpha value is -2.86. The number of fused-ring (bicyclic) bond motifs is 1. The SMILES string of the molecule is CC(=O)N1c2ccc(N3CCOCC3)cc2[C@H](c2ccccc2C(=O)O)C[C@@H]1C. The van der Waals surface area contributed by atoms with Gasteiger partial charge >= 0.3 is 5.97 Å². The van der Waals surface area contributed by atoms with Gasteiger partial charge in [-0.1, -0.05) is 18.2 Å². The van der Waals surface area contributed by atoms with Crippen LogP contribution in [0.15, 0.2) is 42.5 Å². The lowest BCUT2D eigenvalue weighted by atomic mass is 9.79. The predicted molar refractivity (Wildman–Crippen MR) is 112 cm³/mol. The Morgan fingerprint density at radius 3 is 2.48 bits per heavy atom. The average Bonchev–Trinajstić information content (AvgIpc) is 2.73. The molecule has 1 saturated heterocycles. The summed E-state index contributed by atoms with van der Waals surface area (Å²) in [6, 6.07) is 13.4. The standard InChI is InChI=1S/C23H26N2O4/c1-15-13-20(18-5-3-4-6-19(18)23(27)28)21-14-17(24-9-11-29-12-10-24)7-8-22(21)25(15)16(2)26/h3-8,14-15,20H,9-13H2,1-2H3,(H,27,28)/t15-,20-/m0/s1. The van der Waals surface area contributed by atoms with Crippen molar-refractivity contribution in [3.05, 3.63) is 59.2 Å². The number of ether oxygens (including phenoxy) is 1. The van der Waals surface area contributed by atoms with Crippen molar-refractivity contribution in [1.29, 1.82) is 0 Å². The van der Waals surface area contributed by atoms with Gasteiger partial charge < -0.3 is 19.6 Å². The van der Waals surface area contributed by atoms with Crippen LogP contribution in [-0.2, 0) is 9.53 Å². The molecule has 0 bridgehead atoms. The lowest BCUT2D eigenvalue weighted by Gasteiger charge is -2.40. The van der Waals surface area contributed by atoms with Crippen molar-refractivity contribution in [3.63, 3.8) is 0 Å². The molecule has 0 aliphatic carbocycles. The zero-order valence-electron chi connectivity index (χ0n) is 16.8. The van der Waals surface area contributed by atoms with E-state index in [1.165, 1.54) is 0 Å². The molecule has 1 N–H and O–H groups in total. The van der Waals surface area contributed by atoms with Crippen LogP contribution in [-0.4, -0.2) is 49.3 Å². The Kier molecular flexibility index (Phi) is 5.28. The van der Waals surface area contributed by atoms with E-state index in [9.17, 15) is 14.7 Å². The molecule has 0 radical (unpaired) electrons. The number of morpholine rings is 1. The quantitative estimate of drug-likeness (QED) is 0.863. The maximum atomic E-state index is 12.4. The molecule has 0 unspecified atom stereocenters. The summed E-state index contributed by atoms with van der Waals surface area (Å²) in [5, 5.41) is 9.72. The molecule has 6 heteroatoms. The van der Waals surface area contributed by atoms with Gasteiger partial charge in [0, 0.05) is 43.3 Å². The highest BCUT2D eigenvalue weighted by atomic mass is 16.5. The summed E-state index contributed by atoms with van der Waals surface area (Å²) >= 11 is 0. The van der Waals surface area contributed by atoms with Gasteiger partial charge in [-0.15, -0.1) is 0 Å². The van der Waals surface area contributed by atoms with E-state index < -0.39 is 5.97 Å². The first-order chi connectivity index (χ1) is 14.0. The van der Waals surface area contributed by atoms with Gasteiger partial charge in [0.2, 0.25) is 5.91 Å². The summed E-state index contributed by atoms with van der Waals surface area (Å²) < 4.78 is 5.47. The maximum Gasteiger partial charge on any atom is 0.335 e. The molecule has 29 heavy (non-hydrogen) atoms. The molecule has 2 aromatic carbocycles. The molecule has 0 spiro atoms. The third-order valence-corrected chi connectivity index (χ3v) is 5.95. The van der Waals surface area contributed by atoms with Crippen LogP contribution in [0.4, 0.5) is 11.4 Å². The summed E-state index contributed by atoms with van der Waals surface area (Å²) in [4.78, 5) is 28.3. The number of carbonyl (C=O) groups excluding carboxylic acids is 1. The van der Waals surface area contributed by atoms with E-state index in [-0.39, 0.29) is 17.9 Å². The minimum Gasteiger partial charge on any atom is -0.478 e. The molecule has 4 rings (SSSR count). The molecular formula is C23H26N2O4. The van der Waals surface area contributed by atoms with E-state index in [1.54, 1.807) is 19.1 Å². The second-order valence-electron chi connectivity index (χ2n) is 7.76. The Morgan fingerprint density at radius 2 is 1.79 bits per heavy atom. The van der Waals surface area contributed by atoms with Crippen LogP contribution in [0.5, 0.6) is 0 Å². The van der Waals surface area contributed by atoms with Crippen LogP contribution in [0.3, 0.4) is 0 Å². The Bertz CT molecular complexity index is 936. The van der Waals surface area contributed by atoms with Crippen molar-refractivity contribution in [2.75, 3.05) is 36.1 Å². The zero-order chi connectivity index (χ0) is 20.5. The molecule has 2 aliphatic heterocycles. The molecule has 0 aromatic heterocycles. The van der Waals surface area contributed by atoms with E-state index in [0.717, 1.165) is 35.6 Å². The van der Waals surface area contributed by atoms with E-state index in [2.05, 4.69) is 17.0 Å². The summed E-state index contributed by atoms with van der Waals surface area (Å²) in [5.41, 5.74) is 4.09. The van der Waals surface area contributed by atoms with Crippen molar-refractivity contribution in [1.82, 2.24) is 0 Å². The van der Waals surface area contributed by atoms with Crippen LogP contribution in [0.25, 0.3) is 0 Å². The minimum atomic E-state index is -0.923. The summed E-state index contributed by atoms with van der Waals surface area (Å²) in [6.07, 6.45) is 0.684. The Balaban J connectivity index is 1.85. The van der Waals surface area contributed by atoms with Gasteiger partial charge in [0.15, 0.2) is 0 Å². The number of rotatable bonds is 3. The lowest BCUT2D eigenvalue weighted by molar-refractivity contribution is -0.117. The normalized spacial score (nSPS) is 21.6. The van der Waals surface area contributed by atoms with Crippen molar-refractivity contribution in [2.45, 2.75) is 32.2 Å². The number of amides is 1. The third kappa shape index (κ3) is 3.60. The highest BCUT2D eigenvalue weighted by Gasteiger charge is 2.35. The maximum absolute atomic E-state index is 12.4. The monoisotopic (exact) mass is 394 g/mol. The van der Waals surface area contributed by atoms with Crippen molar-refractivity contribution in [2.24, 2.45) is 0 Å². The highest BCUT2D eigenvalue weighted by molar-refractivity contribution is 5.95. The molecule has 1 amide bonds. The fraction of sp³-hybridized carbons (Fsp3) is 0.391. The first kappa shape index (κ1) is 19.5. The number of nitrogens with zero attached hydrogens (tertiary/aromatic N) is 2. The molecule has 2 aliphatic rings. The number of carboxylic acid groups (broad SMARTS) is 1. The zero-order valence-corrected chi connectivity index (χ0v) is 16.8. The second-order valence-corrected chi connectivity index (χ2v) is 7.76. The van der Waals surface area contributed by atoms with E-state index in [4.69, 9.17) is 4.74 Å². The number of carboxylic acids is 1. The molecule has 2 atom stereocenters. The smallest absolute Gasteiger partial charge is 0.335 e. The van der Waals surface area contributed by atoms with E-state index >= 15 is 0 Å². The fourth-order valence-corrected chi connectivity index (χ4v) is 4.64. The lowest BCUT2D eigenvalue weighted by Crippen LogP contribution is -2.42. The molecule has 152 valence electrons. The molecule has 2 heterocycles. The number of carbonyl (C=O) groups is 2. The largest absolute Gasteiger partial charge is 0.478 e. The van der Waals surface area contributed by atoms with Gasteiger partial charge in [-0.25, -0.2) is 4.79 Å². The summed E-state index contributed by atoms with van der Waals surface area (Å²) in [6.45, 7) is 6.64. The van der Waals surface area contributed by atoms with Crippen LogP contribution >= 0.6 is 0 Å². The number of benzene rings is 2. The molecule has 0 saturated carbocycles. The predicted octanol–water partition coefficient (Wildman–Crippen LogP) is 3.50. The van der Waals surface area contributed by atoms with Gasteiger partial charge in [-0.2, -0.15) is 0 Å². The third-order valence-electron chi connectivity index (χ3n) is 5.95. The Morgan fingerprint density at radius 1 is 1.07 bits per heavy atom. The van der Waals surface area contributed by atoms with Gasteiger partial charge in [0.05, 0.1) is 18.8 Å². The number of hydrogen-bond donors (Lipinski definition) is 1. The minimum absolute atomic E-state index is 0.00263. The highest BCUT2D eigenvalue weighted by Crippen LogP contribution is 2.44. The van der Waals surface area contributed by atoms with E-state index in [0.29, 0.717) is 25.2 Å². The van der Waals surface area contributed by atoms with Crippen LogP contribution < -0.4 is 9.80 Å². The van der Waals surface area contributed by atoms with Crippen LogP contribution in [0.2, 0.25) is 0 Å². The Labute approximate surface area is 170 Å². The van der Waals surface area contributed by atoms with Gasteiger partial charge in [0.1, 0.15) is 0 Å². The van der Waals surface area contributed by atoms with Crippen molar-refractivity contribution in [3.8, 4) is 0 Å². The summed E-state index contributed by atoms with van der Waals surface area (Å²) in [5.74, 6) is -1.00. The second kappa shape index (κ2) is 7.87. The topological polar surface area (TPSA) is 70.1 Å². The van der Waals surface area contributed by atoms with E-state index in [1.807, 2.05) is 30.0 Å². The van der Waals surface area contributed by atoms with Crippen LogP contribution in [0, 0.1) is 0 Å². The van der Waals surface area contributed by atoms with Gasteiger partial charge in [0.25, 0.3) is 0 Å². The average molecular weight is 394 g/mol. The molecule has 6 nitrogen and oxygen atoms in total. The number of hydrogen-bond acceptors (Lipinski definition) is 4. The number of aromatic carboxylic acids is 1. The van der Waals surface area contributed by atoms with Gasteiger partial charge in [-0.05, 0) is 48.7 Å². The molecule has 2 aromatic rings. The molecular weight excluding hydrogens is 368 g/mol. The van der Waals surface area contributed by atoms with Crippen LogP contribution in [0.1, 0.15) is 47.7 Å². The molecule has 1 fully saturated rings. The van der Waals surface area contributed by atoms with Crippen molar-refractivity contribution < 1.29 is 19.4 Å². The summed E-state index contributed by atoms with van der Waals surface area (Å²) in [7, 11) is 0. The number of anilines is 2. The fourth-order valence-electron chi connectivity index (χ4n) is 4.64. The van der Waals surface area contributed by atoms with Gasteiger partial charge in [-0.3, -0.25) is 4.79 Å².